The number of thiophene rings is 1. The zero-order valence-corrected chi connectivity index (χ0v) is 24.5. The van der Waals surface area contributed by atoms with E-state index in [2.05, 4.69) is 137 Å². The first-order valence-electron chi connectivity index (χ1n) is 14.8. The molecular weight excluding hydrogens is 557 g/mol. The standard InChI is InChI=1S/C39H26N4S/c40-23-24-14-19-30-32(22-24)41-39(26-8-2-1-3-9-26)42-37(30)25-15-17-27(18-16-25)43-33-12-6-4-10-28(33)29-20-21-35-36(38(29)43)31-11-5-7-13-34(31)44-35/h1-22,37,39,41-42H. The van der Waals surface area contributed by atoms with E-state index in [0.29, 0.717) is 5.56 Å². The van der Waals surface area contributed by atoms with Gasteiger partial charge in [-0.15, -0.1) is 11.3 Å². The van der Waals surface area contributed by atoms with Crippen LogP contribution >= 0.6 is 11.3 Å². The van der Waals surface area contributed by atoms with Crippen molar-refractivity contribution in [1.82, 2.24) is 9.88 Å². The van der Waals surface area contributed by atoms with Crippen LogP contribution < -0.4 is 10.6 Å². The highest BCUT2D eigenvalue weighted by atomic mass is 32.1. The minimum Gasteiger partial charge on any atom is -0.366 e. The van der Waals surface area contributed by atoms with Gasteiger partial charge in [0.15, 0.2) is 0 Å². The zero-order chi connectivity index (χ0) is 29.2. The average Bonchev–Trinajstić information content (AvgIpc) is 3.64. The molecule has 2 atom stereocenters. The molecule has 3 heterocycles. The maximum absolute atomic E-state index is 9.59. The molecule has 0 fully saturated rings. The lowest BCUT2D eigenvalue weighted by Crippen LogP contribution is -2.37. The fourth-order valence-corrected chi connectivity index (χ4v) is 8.01. The van der Waals surface area contributed by atoms with Crippen LogP contribution in [0.25, 0.3) is 47.7 Å². The monoisotopic (exact) mass is 582 g/mol. The Labute approximate surface area is 258 Å². The number of hydrogen-bond donors (Lipinski definition) is 2. The van der Waals surface area contributed by atoms with Gasteiger partial charge in [-0.1, -0.05) is 91.0 Å². The van der Waals surface area contributed by atoms with Gasteiger partial charge >= 0.3 is 0 Å². The quantitative estimate of drug-likeness (QED) is 0.218. The van der Waals surface area contributed by atoms with Gasteiger partial charge in [0.05, 0.1) is 28.7 Å². The predicted molar refractivity (Wildman–Crippen MR) is 183 cm³/mol. The third-order valence-corrected chi connectivity index (χ3v) is 10.1. The Morgan fingerprint density at radius 3 is 2.27 bits per heavy atom. The Morgan fingerprint density at radius 1 is 0.659 bits per heavy atom. The summed E-state index contributed by atoms with van der Waals surface area (Å²) < 4.78 is 5.05. The summed E-state index contributed by atoms with van der Waals surface area (Å²) in [6.45, 7) is 0. The summed E-state index contributed by atoms with van der Waals surface area (Å²) in [6, 6.07) is 49.6. The predicted octanol–water partition coefficient (Wildman–Crippen LogP) is 9.83. The van der Waals surface area contributed by atoms with Gasteiger partial charge in [-0.25, -0.2) is 0 Å². The lowest BCUT2D eigenvalue weighted by molar-refractivity contribution is 0.506. The van der Waals surface area contributed by atoms with Crippen molar-refractivity contribution < 1.29 is 0 Å². The third-order valence-electron chi connectivity index (χ3n) is 8.92. The summed E-state index contributed by atoms with van der Waals surface area (Å²) >= 11 is 1.86. The lowest BCUT2D eigenvalue weighted by Gasteiger charge is -2.35. The number of rotatable bonds is 3. The van der Waals surface area contributed by atoms with Crippen LogP contribution in [0.3, 0.4) is 0 Å². The first-order chi connectivity index (χ1) is 21.8. The molecule has 0 spiro atoms. The first-order valence-corrected chi connectivity index (χ1v) is 15.6. The van der Waals surface area contributed by atoms with E-state index in [1.54, 1.807) is 0 Å². The first kappa shape index (κ1) is 25.1. The van der Waals surface area contributed by atoms with Crippen molar-refractivity contribution in [3.05, 3.63) is 156 Å². The van der Waals surface area contributed by atoms with E-state index in [1.165, 1.54) is 47.5 Å². The minimum atomic E-state index is -0.0835. The summed E-state index contributed by atoms with van der Waals surface area (Å²) in [5, 5.41) is 22.2. The summed E-state index contributed by atoms with van der Waals surface area (Å²) in [7, 11) is 0. The fraction of sp³-hybridized carbons (Fsp3) is 0.0513. The van der Waals surface area contributed by atoms with Crippen LogP contribution in [0.2, 0.25) is 0 Å². The van der Waals surface area contributed by atoms with E-state index in [1.807, 2.05) is 29.5 Å². The number of benzene rings is 6. The minimum absolute atomic E-state index is 0.0380. The van der Waals surface area contributed by atoms with Crippen LogP contribution in [0.15, 0.2) is 133 Å². The van der Waals surface area contributed by atoms with E-state index >= 15 is 0 Å². The highest BCUT2D eigenvalue weighted by molar-refractivity contribution is 7.26. The molecule has 8 aromatic rings. The Balaban J connectivity index is 1.22. The van der Waals surface area contributed by atoms with E-state index in [4.69, 9.17) is 0 Å². The maximum Gasteiger partial charge on any atom is 0.104 e. The number of para-hydroxylation sites is 1. The molecule has 2 unspecified atom stereocenters. The highest BCUT2D eigenvalue weighted by Crippen LogP contribution is 2.43. The average molecular weight is 583 g/mol. The second-order valence-corrected chi connectivity index (χ2v) is 12.5. The van der Waals surface area contributed by atoms with Crippen molar-refractivity contribution in [3.8, 4) is 11.8 Å². The molecule has 44 heavy (non-hydrogen) atoms. The van der Waals surface area contributed by atoms with E-state index < -0.39 is 0 Å². The van der Waals surface area contributed by atoms with E-state index in [-0.39, 0.29) is 12.2 Å². The molecule has 1 aliphatic heterocycles. The molecule has 208 valence electrons. The number of nitriles is 1. The van der Waals surface area contributed by atoms with Crippen LogP contribution in [0.4, 0.5) is 5.69 Å². The molecule has 0 bridgehead atoms. The van der Waals surface area contributed by atoms with Gasteiger partial charge in [-0.3, -0.25) is 5.32 Å². The fourth-order valence-electron chi connectivity index (χ4n) is 6.91. The van der Waals surface area contributed by atoms with Crippen LogP contribution in [0, 0.1) is 11.3 Å². The van der Waals surface area contributed by atoms with Crippen molar-refractivity contribution in [2.45, 2.75) is 12.2 Å². The molecule has 9 rings (SSSR count). The van der Waals surface area contributed by atoms with Gasteiger partial charge < -0.3 is 9.88 Å². The molecule has 0 saturated heterocycles. The Morgan fingerprint density at radius 2 is 1.43 bits per heavy atom. The van der Waals surface area contributed by atoms with Crippen LogP contribution in [0.5, 0.6) is 0 Å². The van der Waals surface area contributed by atoms with Crippen molar-refractivity contribution in [3.63, 3.8) is 0 Å². The molecule has 4 nitrogen and oxygen atoms in total. The number of anilines is 1. The smallest absolute Gasteiger partial charge is 0.104 e. The largest absolute Gasteiger partial charge is 0.366 e. The maximum atomic E-state index is 9.59. The van der Waals surface area contributed by atoms with Crippen molar-refractivity contribution in [2.75, 3.05) is 5.32 Å². The molecule has 0 amide bonds. The third kappa shape index (κ3) is 3.79. The molecule has 0 aliphatic carbocycles. The van der Waals surface area contributed by atoms with Crippen molar-refractivity contribution >= 4 is 59.0 Å². The molecule has 2 N–H and O–H groups in total. The number of fused-ring (bicyclic) bond motifs is 8. The molecule has 0 radical (unpaired) electrons. The van der Waals surface area contributed by atoms with Crippen LogP contribution in [-0.4, -0.2) is 4.57 Å². The second-order valence-electron chi connectivity index (χ2n) is 11.4. The second kappa shape index (κ2) is 9.82. The normalized spacial score (nSPS) is 16.2. The topological polar surface area (TPSA) is 52.8 Å². The molecule has 1 aliphatic rings. The molecular formula is C39H26N4S. The van der Waals surface area contributed by atoms with Gasteiger partial charge in [-0.05, 0) is 59.2 Å². The van der Waals surface area contributed by atoms with Crippen molar-refractivity contribution in [2.24, 2.45) is 0 Å². The zero-order valence-electron chi connectivity index (χ0n) is 23.7. The Bertz CT molecular complexity index is 2410. The Kier molecular flexibility index (Phi) is 5.61. The molecule has 2 aromatic heterocycles. The van der Waals surface area contributed by atoms with E-state index in [0.717, 1.165) is 22.5 Å². The van der Waals surface area contributed by atoms with Crippen LogP contribution in [0.1, 0.15) is 34.5 Å². The van der Waals surface area contributed by atoms with Crippen molar-refractivity contribution in [1.29, 1.82) is 5.26 Å². The highest BCUT2D eigenvalue weighted by Gasteiger charge is 2.28. The number of hydrogen-bond acceptors (Lipinski definition) is 4. The Hall–Kier alpha value is -5.41. The SMILES string of the molecule is N#Cc1ccc2c(c1)NC(c1ccccc1)NC2c1ccc(-n2c3ccccc3c3ccc4sc5ccccc5c4c32)cc1. The van der Waals surface area contributed by atoms with Gasteiger partial charge in [0.25, 0.3) is 0 Å². The summed E-state index contributed by atoms with van der Waals surface area (Å²) in [5.41, 5.74) is 8.69. The summed E-state index contributed by atoms with van der Waals surface area (Å²) in [5.74, 6) is 0. The summed E-state index contributed by atoms with van der Waals surface area (Å²) in [4.78, 5) is 0. The van der Waals surface area contributed by atoms with Gasteiger partial charge in [0.2, 0.25) is 0 Å². The van der Waals surface area contributed by atoms with Gasteiger partial charge in [-0.2, -0.15) is 5.26 Å². The van der Waals surface area contributed by atoms with E-state index in [9.17, 15) is 5.26 Å². The number of nitrogens with one attached hydrogen (secondary N) is 2. The van der Waals surface area contributed by atoms with Gasteiger partial charge in [0, 0.05) is 42.3 Å². The number of nitrogens with zero attached hydrogens (tertiary/aromatic N) is 2. The number of aromatic nitrogens is 1. The van der Waals surface area contributed by atoms with Crippen LogP contribution in [-0.2, 0) is 0 Å². The molecule has 0 saturated carbocycles. The molecule has 6 aromatic carbocycles. The van der Waals surface area contributed by atoms with Gasteiger partial charge in [0.1, 0.15) is 6.17 Å². The summed E-state index contributed by atoms with van der Waals surface area (Å²) in [6.07, 6.45) is -0.0835. The molecule has 5 heteroatoms. The lowest BCUT2D eigenvalue weighted by atomic mass is 9.92.